The average molecular weight is 305 g/mol. The maximum atomic E-state index is 13.2. The molecule has 8 heteroatoms. The van der Waals surface area contributed by atoms with Crippen molar-refractivity contribution in [3.05, 3.63) is 29.8 Å². The van der Waals surface area contributed by atoms with Crippen LogP contribution in [-0.2, 0) is 10.0 Å². The number of hydrogen-bond acceptors (Lipinski definition) is 4. The summed E-state index contributed by atoms with van der Waals surface area (Å²) in [4.78, 5) is 1.59. The van der Waals surface area contributed by atoms with Crippen LogP contribution in [0.5, 0.6) is 0 Å². The van der Waals surface area contributed by atoms with Crippen molar-refractivity contribution >= 4 is 10.0 Å². The quantitative estimate of drug-likeness (QED) is 0.868. The highest BCUT2D eigenvalue weighted by Crippen LogP contribution is 2.22. The first-order chi connectivity index (χ1) is 9.34. The zero-order valence-electron chi connectivity index (χ0n) is 11.1. The van der Waals surface area contributed by atoms with Gasteiger partial charge >= 0.3 is 0 Å². The molecule has 1 unspecified atom stereocenters. The first-order valence-electron chi connectivity index (χ1n) is 6.21. The Morgan fingerprint density at radius 3 is 2.40 bits per heavy atom. The lowest BCUT2D eigenvalue weighted by atomic mass is 10.2. The summed E-state index contributed by atoms with van der Waals surface area (Å²) in [6.45, 7) is 1.45. The molecule has 1 aliphatic heterocycles. The third-order valence-electron chi connectivity index (χ3n) is 3.35. The van der Waals surface area contributed by atoms with Crippen LogP contribution in [0.15, 0.2) is 23.1 Å². The van der Waals surface area contributed by atoms with Gasteiger partial charge in [-0.2, -0.15) is 4.31 Å². The van der Waals surface area contributed by atoms with Crippen molar-refractivity contribution in [3.63, 3.8) is 0 Å². The van der Waals surface area contributed by atoms with Crippen molar-refractivity contribution in [2.24, 2.45) is 5.73 Å². The van der Waals surface area contributed by atoms with E-state index in [1.165, 1.54) is 4.31 Å². The molecule has 0 bridgehead atoms. The van der Waals surface area contributed by atoms with Gasteiger partial charge in [0.15, 0.2) is 0 Å². The van der Waals surface area contributed by atoms with Crippen molar-refractivity contribution < 1.29 is 17.2 Å². The summed E-state index contributed by atoms with van der Waals surface area (Å²) in [7, 11) is -2.08. The normalized spacial score (nSPS) is 22.1. The molecule has 1 aliphatic rings. The second-order valence-electron chi connectivity index (χ2n) is 4.87. The number of hydrogen-bond donors (Lipinski definition) is 1. The van der Waals surface area contributed by atoms with Crippen molar-refractivity contribution in [1.29, 1.82) is 0 Å². The van der Waals surface area contributed by atoms with Gasteiger partial charge in [0.25, 0.3) is 0 Å². The molecule has 5 nitrogen and oxygen atoms in total. The van der Waals surface area contributed by atoms with Crippen LogP contribution >= 0.6 is 0 Å². The molecule has 1 aromatic rings. The predicted molar refractivity (Wildman–Crippen MR) is 70.6 cm³/mol. The van der Waals surface area contributed by atoms with Gasteiger partial charge in [-0.05, 0) is 19.2 Å². The van der Waals surface area contributed by atoms with Crippen LogP contribution in [0.3, 0.4) is 0 Å². The van der Waals surface area contributed by atoms with E-state index in [9.17, 15) is 17.2 Å². The van der Waals surface area contributed by atoms with Gasteiger partial charge in [0.05, 0.1) is 10.9 Å². The summed E-state index contributed by atoms with van der Waals surface area (Å²) < 4.78 is 52.6. The van der Waals surface area contributed by atoms with Gasteiger partial charge in [-0.25, -0.2) is 17.2 Å². The van der Waals surface area contributed by atoms with Gasteiger partial charge in [0.1, 0.15) is 11.6 Å². The SMILES string of the molecule is CN1CCN(S(=O)(=O)c2cc(F)cc(F)c2)C(CN)C1. The smallest absolute Gasteiger partial charge is 0.243 e. The second kappa shape index (κ2) is 5.72. The Bertz CT molecular complexity index is 574. The van der Waals surface area contributed by atoms with E-state index in [0.29, 0.717) is 19.2 Å². The Balaban J connectivity index is 2.38. The van der Waals surface area contributed by atoms with E-state index < -0.39 is 27.7 Å². The van der Waals surface area contributed by atoms with E-state index in [1.807, 2.05) is 11.9 Å². The zero-order valence-corrected chi connectivity index (χ0v) is 11.9. The van der Waals surface area contributed by atoms with Crippen LogP contribution in [0.4, 0.5) is 8.78 Å². The van der Waals surface area contributed by atoms with Crippen molar-refractivity contribution in [3.8, 4) is 0 Å². The van der Waals surface area contributed by atoms with E-state index in [-0.39, 0.29) is 18.0 Å². The predicted octanol–water partition coefficient (Wildman–Crippen LogP) is 0.228. The van der Waals surface area contributed by atoms with Gasteiger partial charge in [0, 0.05) is 32.2 Å². The van der Waals surface area contributed by atoms with E-state index >= 15 is 0 Å². The molecule has 0 saturated carbocycles. The molecule has 0 aliphatic carbocycles. The lowest BCUT2D eigenvalue weighted by molar-refractivity contribution is 0.164. The standard InChI is InChI=1S/C12H17F2N3O2S/c1-16-2-3-17(11(7-15)8-16)20(18,19)12-5-9(13)4-10(14)6-12/h4-6,11H,2-3,7-8,15H2,1H3. The van der Waals surface area contributed by atoms with Gasteiger partial charge in [0.2, 0.25) is 10.0 Å². The number of nitrogens with zero attached hydrogens (tertiary/aromatic N) is 2. The molecule has 1 aromatic carbocycles. The van der Waals surface area contributed by atoms with Crippen LogP contribution in [0.1, 0.15) is 0 Å². The summed E-state index contributed by atoms with van der Waals surface area (Å²) in [5.74, 6) is -1.83. The van der Waals surface area contributed by atoms with Crippen LogP contribution in [0.25, 0.3) is 0 Å². The Labute approximate surface area is 117 Å². The molecule has 0 radical (unpaired) electrons. The van der Waals surface area contributed by atoms with Crippen molar-refractivity contribution in [2.45, 2.75) is 10.9 Å². The van der Waals surface area contributed by atoms with Crippen LogP contribution < -0.4 is 5.73 Å². The Morgan fingerprint density at radius 1 is 1.25 bits per heavy atom. The lowest BCUT2D eigenvalue weighted by Gasteiger charge is -2.38. The van der Waals surface area contributed by atoms with Crippen LogP contribution in [0.2, 0.25) is 0 Å². The monoisotopic (exact) mass is 305 g/mol. The third kappa shape index (κ3) is 2.98. The Kier molecular flexibility index (Phi) is 4.38. The summed E-state index contributed by atoms with van der Waals surface area (Å²) in [5, 5.41) is 0. The molecule has 0 aromatic heterocycles. The minimum Gasteiger partial charge on any atom is -0.329 e. The zero-order chi connectivity index (χ0) is 14.9. The molecule has 2 N–H and O–H groups in total. The fraction of sp³-hybridized carbons (Fsp3) is 0.500. The number of benzene rings is 1. The molecule has 0 amide bonds. The topological polar surface area (TPSA) is 66.6 Å². The molecule has 1 fully saturated rings. The van der Waals surface area contributed by atoms with Gasteiger partial charge < -0.3 is 10.6 Å². The molecular weight excluding hydrogens is 288 g/mol. The molecule has 0 spiro atoms. The molecule has 2 rings (SSSR count). The van der Waals surface area contributed by atoms with Crippen molar-refractivity contribution in [2.75, 3.05) is 33.2 Å². The first kappa shape index (κ1) is 15.3. The van der Waals surface area contributed by atoms with E-state index in [2.05, 4.69) is 0 Å². The number of nitrogens with two attached hydrogens (primary N) is 1. The fourth-order valence-corrected chi connectivity index (χ4v) is 3.98. The molecular formula is C12H17F2N3O2S. The summed E-state index contributed by atoms with van der Waals surface area (Å²) in [6.07, 6.45) is 0. The Hall–Kier alpha value is -1.09. The first-order valence-corrected chi connectivity index (χ1v) is 7.65. The van der Waals surface area contributed by atoms with Crippen LogP contribution in [-0.4, -0.2) is 56.9 Å². The maximum Gasteiger partial charge on any atom is 0.243 e. The summed E-state index contributed by atoms with van der Waals surface area (Å²) >= 11 is 0. The Morgan fingerprint density at radius 2 is 1.85 bits per heavy atom. The minimum absolute atomic E-state index is 0.154. The third-order valence-corrected chi connectivity index (χ3v) is 5.28. The molecule has 1 heterocycles. The molecule has 1 saturated heterocycles. The molecule has 112 valence electrons. The van der Waals surface area contributed by atoms with Gasteiger partial charge in [-0.1, -0.05) is 0 Å². The molecule has 1 atom stereocenters. The summed E-state index contributed by atoms with van der Waals surface area (Å²) in [6, 6.07) is 1.89. The van der Waals surface area contributed by atoms with Gasteiger partial charge in [-0.3, -0.25) is 0 Å². The maximum absolute atomic E-state index is 13.2. The largest absolute Gasteiger partial charge is 0.329 e. The highest BCUT2D eigenvalue weighted by atomic mass is 32.2. The lowest BCUT2D eigenvalue weighted by Crippen LogP contribution is -2.56. The highest BCUT2D eigenvalue weighted by Gasteiger charge is 2.34. The number of halogens is 2. The number of piperazine rings is 1. The fourth-order valence-electron chi connectivity index (χ4n) is 2.32. The average Bonchev–Trinajstić information content (AvgIpc) is 2.37. The van der Waals surface area contributed by atoms with Crippen LogP contribution in [0, 0.1) is 11.6 Å². The van der Waals surface area contributed by atoms with E-state index in [4.69, 9.17) is 5.73 Å². The second-order valence-corrected chi connectivity index (χ2v) is 6.76. The van der Waals surface area contributed by atoms with Gasteiger partial charge in [-0.15, -0.1) is 0 Å². The van der Waals surface area contributed by atoms with E-state index in [0.717, 1.165) is 12.1 Å². The number of sulfonamides is 1. The molecule has 20 heavy (non-hydrogen) atoms. The number of likely N-dealkylation sites (N-methyl/N-ethyl adjacent to an activating group) is 1. The highest BCUT2D eigenvalue weighted by molar-refractivity contribution is 7.89. The van der Waals surface area contributed by atoms with Crippen molar-refractivity contribution in [1.82, 2.24) is 9.21 Å². The van der Waals surface area contributed by atoms with E-state index in [1.54, 1.807) is 0 Å². The number of rotatable bonds is 3. The minimum atomic E-state index is -3.95. The summed E-state index contributed by atoms with van der Waals surface area (Å²) in [5.41, 5.74) is 5.61.